The predicted octanol–water partition coefficient (Wildman–Crippen LogP) is 3.43. The highest BCUT2D eigenvalue weighted by atomic mass is 16.2. The van der Waals surface area contributed by atoms with Crippen LogP contribution < -0.4 is 0 Å². The molecule has 3 fully saturated rings. The molecule has 0 radical (unpaired) electrons. The number of hydrogen-bond donors (Lipinski definition) is 0. The van der Waals surface area contributed by atoms with Crippen molar-refractivity contribution in [1.82, 2.24) is 9.80 Å². The number of fused-ring (bicyclic) bond motifs is 5. The SMILES string of the molecule is CN1C(=O)CC[C@@]2(C)C1=CCC1C2CC[C@@]2(C)C1CC[C@@H]2N(C)C=O. The third kappa shape index (κ3) is 2.18. The standard InChI is InChI=1S/C21H32N2O2/c1-20-11-9-16-14(15(20)6-8-17(20)22(3)13-24)5-7-18-21(16,2)12-10-19(25)23(18)4/h7,13-17H,5-6,8-12H2,1-4H3/t14?,15?,16?,17-,20-,21+/m0/s1. The van der Waals surface area contributed by atoms with Gasteiger partial charge in [-0.05, 0) is 61.7 Å². The molecule has 1 aliphatic heterocycles. The van der Waals surface area contributed by atoms with Gasteiger partial charge >= 0.3 is 0 Å². The third-order valence-corrected chi connectivity index (χ3v) is 8.63. The Morgan fingerprint density at radius 3 is 2.68 bits per heavy atom. The Morgan fingerprint density at radius 1 is 1.20 bits per heavy atom. The first-order chi connectivity index (χ1) is 11.8. The van der Waals surface area contributed by atoms with Gasteiger partial charge in [0.1, 0.15) is 0 Å². The summed E-state index contributed by atoms with van der Waals surface area (Å²) < 4.78 is 0. The van der Waals surface area contributed by atoms with E-state index in [4.69, 9.17) is 0 Å². The van der Waals surface area contributed by atoms with Crippen molar-refractivity contribution >= 4 is 12.3 Å². The number of carbonyl (C=O) groups is 2. The molecule has 138 valence electrons. The molecule has 0 aromatic rings. The summed E-state index contributed by atoms with van der Waals surface area (Å²) in [6, 6.07) is 0.393. The molecule has 3 aliphatic carbocycles. The first kappa shape index (κ1) is 17.1. The first-order valence-corrected chi connectivity index (χ1v) is 9.97. The molecule has 0 bridgehead atoms. The van der Waals surface area contributed by atoms with Crippen molar-refractivity contribution < 1.29 is 9.59 Å². The van der Waals surface area contributed by atoms with Crippen molar-refractivity contribution in [2.45, 2.75) is 64.8 Å². The van der Waals surface area contributed by atoms with E-state index in [1.54, 1.807) is 0 Å². The molecule has 2 amide bonds. The smallest absolute Gasteiger partial charge is 0.226 e. The fourth-order valence-corrected chi connectivity index (χ4v) is 7.30. The molecule has 4 nitrogen and oxygen atoms in total. The monoisotopic (exact) mass is 344 g/mol. The summed E-state index contributed by atoms with van der Waals surface area (Å²) in [5.74, 6) is 2.37. The minimum Gasteiger partial charge on any atom is -0.345 e. The van der Waals surface area contributed by atoms with E-state index in [1.165, 1.54) is 25.0 Å². The van der Waals surface area contributed by atoms with Gasteiger partial charge in [-0.15, -0.1) is 0 Å². The van der Waals surface area contributed by atoms with E-state index in [2.05, 4.69) is 19.9 Å². The van der Waals surface area contributed by atoms with Gasteiger partial charge in [0.2, 0.25) is 12.3 Å². The molecule has 1 heterocycles. The number of hydrogen-bond acceptors (Lipinski definition) is 2. The van der Waals surface area contributed by atoms with E-state index < -0.39 is 0 Å². The maximum atomic E-state index is 12.2. The van der Waals surface area contributed by atoms with Gasteiger partial charge in [-0.25, -0.2) is 0 Å². The normalized spacial score (nSPS) is 46.0. The molecular weight excluding hydrogens is 312 g/mol. The molecule has 4 rings (SSSR count). The van der Waals surface area contributed by atoms with Crippen LogP contribution in [0.1, 0.15) is 58.8 Å². The van der Waals surface area contributed by atoms with Crippen LogP contribution in [0.4, 0.5) is 0 Å². The quantitative estimate of drug-likeness (QED) is 0.720. The molecule has 6 atom stereocenters. The van der Waals surface area contributed by atoms with Crippen LogP contribution >= 0.6 is 0 Å². The summed E-state index contributed by atoms with van der Waals surface area (Å²) in [6.07, 6.45) is 11.0. The van der Waals surface area contributed by atoms with Crippen LogP contribution in [0.3, 0.4) is 0 Å². The largest absolute Gasteiger partial charge is 0.345 e. The summed E-state index contributed by atoms with van der Waals surface area (Å²) in [5, 5.41) is 0. The number of nitrogens with zero attached hydrogens (tertiary/aromatic N) is 2. The van der Waals surface area contributed by atoms with Gasteiger partial charge < -0.3 is 9.80 Å². The fraction of sp³-hybridized carbons (Fsp3) is 0.810. The fourth-order valence-electron chi connectivity index (χ4n) is 7.30. The van der Waals surface area contributed by atoms with E-state index in [0.29, 0.717) is 30.2 Å². The maximum absolute atomic E-state index is 12.2. The van der Waals surface area contributed by atoms with Crippen LogP contribution in [0.15, 0.2) is 11.8 Å². The lowest BCUT2D eigenvalue weighted by Gasteiger charge is -2.58. The lowest BCUT2D eigenvalue weighted by molar-refractivity contribution is -0.136. The Bertz CT molecular complexity index is 629. The number of likely N-dealkylation sites (tertiary alicyclic amines) is 1. The van der Waals surface area contributed by atoms with Gasteiger partial charge in [0, 0.05) is 37.7 Å². The molecule has 3 unspecified atom stereocenters. The van der Waals surface area contributed by atoms with Gasteiger partial charge in [0.05, 0.1) is 0 Å². The Hall–Kier alpha value is -1.32. The van der Waals surface area contributed by atoms with Crippen molar-refractivity contribution in [1.29, 1.82) is 0 Å². The average molecular weight is 344 g/mol. The van der Waals surface area contributed by atoms with Crippen LogP contribution in [-0.2, 0) is 9.59 Å². The molecule has 1 saturated heterocycles. The summed E-state index contributed by atoms with van der Waals surface area (Å²) in [7, 11) is 3.92. The molecular formula is C21H32N2O2. The van der Waals surface area contributed by atoms with Gasteiger partial charge in [-0.1, -0.05) is 19.9 Å². The van der Waals surface area contributed by atoms with Crippen LogP contribution in [0.5, 0.6) is 0 Å². The van der Waals surface area contributed by atoms with Crippen molar-refractivity contribution in [3.05, 3.63) is 11.8 Å². The van der Waals surface area contributed by atoms with Gasteiger partial charge in [0.25, 0.3) is 0 Å². The van der Waals surface area contributed by atoms with Gasteiger partial charge in [0.15, 0.2) is 0 Å². The molecule has 4 heteroatoms. The number of amides is 2. The lowest BCUT2D eigenvalue weighted by atomic mass is 9.49. The Labute approximate surface area is 151 Å². The molecule has 0 N–H and O–H groups in total. The lowest BCUT2D eigenvalue weighted by Crippen LogP contribution is -2.55. The third-order valence-electron chi connectivity index (χ3n) is 8.63. The summed E-state index contributed by atoms with van der Waals surface area (Å²) >= 11 is 0. The molecule has 0 aromatic heterocycles. The number of piperidine rings is 1. The summed E-state index contributed by atoms with van der Waals surface area (Å²) in [6.45, 7) is 4.84. The number of allylic oxidation sites excluding steroid dienone is 2. The Morgan fingerprint density at radius 2 is 1.96 bits per heavy atom. The molecule has 0 aromatic carbocycles. The first-order valence-electron chi connectivity index (χ1n) is 9.97. The van der Waals surface area contributed by atoms with E-state index in [-0.39, 0.29) is 16.7 Å². The summed E-state index contributed by atoms with van der Waals surface area (Å²) in [4.78, 5) is 27.4. The van der Waals surface area contributed by atoms with Crippen molar-refractivity contribution in [2.24, 2.45) is 28.6 Å². The maximum Gasteiger partial charge on any atom is 0.226 e. The molecule has 25 heavy (non-hydrogen) atoms. The van der Waals surface area contributed by atoms with E-state index >= 15 is 0 Å². The van der Waals surface area contributed by atoms with E-state index in [0.717, 1.165) is 25.7 Å². The van der Waals surface area contributed by atoms with Crippen LogP contribution in [0, 0.1) is 28.6 Å². The summed E-state index contributed by atoms with van der Waals surface area (Å²) in [5.41, 5.74) is 1.70. The Balaban J connectivity index is 1.67. The zero-order valence-corrected chi connectivity index (χ0v) is 16.1. The van der Waals surface area contributed by atoms with Crippen molar-refractivity contribution in [3.8, 4) is 0 Å². The van der Waals surface area contributed by atoms with Crippen molar-refractivity contribution in [2.75, 3.05) is 14.1 Å². The highest BCUT2D eigenvalue weighted by molar-refractivity contribution is 5.79. The minimum absolute atomic E-state index is 0.154. The van der Waals surface area contributed by atoms with Crippen LogP contribution in [-0.4, -0.2) is 42.3 Å². The zero-order valence-electron chi connectivity index (χ0n) is 16.1. The number of carbonyl (C=O) groups excluding carboxylic acids is 2. The second-order valence-corrected chi connectivity index (χ2v) is 9.48. The van der Waals surface area contributed by atoms with Crippen LogP contribution in [0.25, 0.3) is 0 Å². The second-order valence-electron chi connectivity index (χ2n) is 9.48. The highest BCUT2D eigenvalue weighted by Gasteiger charge is 2.59. The average Bonchev–Trinajstić information content (AvgIpc) is 2.95. The molecule has 0 spiro atoms. The second kappa shape index (κ2) is 5.59. The van der Waals surface area contributed by atoms with E-state index in [9.17, 15) is 9.59 Å². The topological polar surface area (TPSA) is 40.6 Å². The van der Waals surface area contributed by atoms with Gasteiger partial charge in [-0.3, -0.25) is 9.59 Å². The molecule has 2 saturated carbocycles. The number of rotatable bonds is 2. The van der Waals surface area contributed by atoms with Crippen molar-refractivity contribution in [3.63, 3.8) is 0 Å². The van der Waals surface area contributed by atoms with Crippen LogP contribution in [0.2, 0.25) is 0 Å². The molecule has 4 aliphatic rings. The van der Waals surface area contributed by atoms with E-state index in [1.807, 2.05) is 23.9 Å². The Kier molecular flexibility index (Phi) is 3.82. The van der Waals surface area contributed by atoms with Gasteiger partial charge in [-0.2, -0.15) is 0 Å². The zero-order chi connectivity index (χ0) is 18.0. The minimum atomic E-state index is 0.154. The highest BCUT2D eigenvalue weighted by Crippen LogP contribution is 2.64. The predicted molar refractivity (Wildman–Crippen MR) is 97.5 cm³/mol.